The van der Waals surface area contributed by atoms with E-state index in [1.54, 1.807) is 0 Å². The summed E-state index contributed by atoms with van der Waals surface area (Å²) in [6, 6.07) is 18.4. The zero-order valence-electron chi connectivity index (χ0n) is 18.9. The van der Waals surface area contributed by atoms with Gasteiger partial charge in [0, 0.05) is 36.8 Å². The van der Waals surface area contributed by atoms with Crippen molar-refractivity contribution in [2.75, 3.05) is 31.1 Å². The number of benzene rings is 2. The topological polar surface area (TPSA) is 74.5 Å². The minimum Gasteiger partial charge on any atom is -0.372 e. The highest BCUT2D eigenvalue weighted by Gasteiger charge is 2.26. The van der Waals surface area contributed by atoms with Crippen LogP contribution in [0.5, 0.6) is 0 Å². The van der Waals surface area contributed by atoms with Crippen molar-refractivity contribution in [3.63, 3.8) is 0 Å². The molecule has 33 heavy (non-hydrogen) atoms. The summed E-state index contributed by atoms with van der Waals surface area (Å²) in [4.78, 5) is 21.9. The number of likely N-dealkylation sites (tertiary alicyclic amines) is 1. The van der Waals surface area contributed by atoms with Crippen LogP contribution in [0.1, 0.15) is 37.1 Å². The van der Waals surface area contributed by atoms with Gasteiger partial charge < -0.3 is 14.7 Å². The van der Waals surface area contributed by atoms with Gasteiger partial charge in [0.05, 0.1) is 6.54 Å². The molecule has 0 unspecified atom stereocenters. The van der Waals surface area contributed by atoms with Gasteiger partial charge in [-0.2, -0.15) is 4.98 Å². The SMILES string of the molecule is O=C(NCc1ccc(N2CCCC2)cc1)C1CCN(Cc2nc(-c3ccccc3)no2)CC1. The Morgan fingerprint density at radius 1 is 0.970 bits per heavy atom. The van der Waals surface area contributed by atoms with Crippen molar-refractivity contribution in [2.45, 2.75) is 38.8 Å². The van der Waals surface area contributed by atoms with Crippen molar-refractivity contribution < 1.29 is 9.32 Å². The predicted molar refractivity (Wildman–Crippen MR) is 127 cm³/mol. The summed E-state index contributed by atoms with van der Waals surface area (Å²) in [5.41, 5.74) is 3.38. The molecule has 7 heteroatoms. The normalized spacial score (nSPS) is 17.4. The maximum absolute atomic E-state index is 12.7. The molecule has 3 aromatic rings. The molecule has 0 radical (unpaired) electrons. The summed E-state index contributed by atoms with van der Waals surface area (Å²) in [7, 11) is 0. The Kier molecular flexibility index (Phi) is 6.67. The van der Waals surface area contributed by atoms with Crippen molar-refractivity contribution >= 4 is 11.6 Å². The van der Waals surface area contributed by atoms with Crippen LogP contribution < -0.4 is 10.2 Å². The van der Waals surface area contributed by atoms with Gasteiger partial charge in [-0.3, -0.25) is 9.69 Å². The molecule has 0 spiro atoms. The smallest absolute Gasteiger partial charge is 0.241 e. The number of piperidine rings is 1. The number of hydrogen-bond acceptors (Lipinski definition) is 6. The molecule has 5 rings (SSSR count). The van der Waals surface area contributed by atoms with E-state index in [1.165, 1.54) is 18.5 Å². The van der Waals surface area contributed by atoms with Crippen LogP contribution >= 0.6 is 0 Å². The summed E-state index contributed by atoms with van der Waals surface area (Å²) in [6.07, 6.45) is 4.25. The summed E-state index contributed by atoms with van der Waals surface area (Å²) in [6.45, 7) is 5.21. The molecule has 2 aliphatic heterocycles. The van der Waals surface area contributed by atoms with E-state index < -0.39 is 0 Å². The Hall–Kier alpha value is -3.19. The molecule has 172 valence electrons. The van der Waals surface area contributed by atoms with Crippen molar-refractivity contribution in [2.24, 2.45) is 5.92 Å². The molecule has 2 fully saturated rings. The minimum atomic E-state index is 0.0627. The fraction of sp³-hybridized carbons (Fsp3) is 0.423. The number of anilines is 1. The maximum Gasteiger partial charge on any atom is 0.241 e. The molecule has 2 aliphatic rings. The number of aromatic nitrogens is 2. The molecule has 1 N–H and O–H groups in total. The van der Waals surface area contributed by atoms with E-state index in [0.29, 0.717) is 24.8 Å². The van der Waals surface area contributed by atoms with E-state index in [9.17, 15) is 4.79 Å². The van der Waals surface area contributed by atoms with Crippen LogP contribution in [0.3, 0.4) is 0 Å². The zero-order valence-corrected chi connectivity index (χ0v) is 18.9. The van der Waals surface area contributed by atoms with Gasteiger partial charge in [0.25, 0.3) is 0 Å². The van der Waals surface area contributed by atoms with Crippen molar-refractivity contribution in [3.8, 4) is 11.4 Å². The first-order valence-electron chi connectivity index (χ1n) is 12.0. The van der Waals surface area contributed by atoms with Crippen LogP contribution in [-0.2, 0) is 17.9 Å². The molecular weight excluding hydrogens is 414 g/mol. The monoisotopic (exact) mass is 445 g/mol. The highest BCUT2D eigenvalue weighted by atomic mass is 16.5. The first kappa shape index (κ1) is 21.6. The van der Waals surface area contributed by atoms with Crippen molar-refractivity contribution in [3.05, 3.63) is 66.1 Å². The van der Waals surface area contributed by atoms with E-state index >= 15 is 0 Å². The third kappa shape index (κ3) is 5.42. The Morgan fingerprint density at radius 3 is 2.42 bits per heavy atom. The molecule has 3 heterocycles. The zero-order chi connectivity index (χ0) is 22.5. The van der Waals surface area contributed by atoms with Gasteiger partial charge in [-0.1, -0.05) is 47.6 Å². The first-order valence-corrected chi connectivity index (χ1v) is 12.0. The first-order chi connectivity index (χ1) is 16.2. The largest absolute Gasteiger partial charge is 0.372 e. The number of carbonyl (C=O) groups excluding carboxylic acids is 1. The van der Waals surface area contributed by atoms with Gasteiger partial charge in [0.15, 0.2) is 0 Å². The quantitative estimate of drug-likeness (QED) is 0.595. The van der Waals surface area contributed by atoms with E-state index in [1.807, 2.05) is 30.3 Å². The van der Waals surface area contributed by atoms with Crippen LogP contribution in [0.4, 0.5) is 5.69 Å². The molecule has 0 bridgehead atoms. The van der Waals surface area contributed by atoms with Crippen LogP contribution in [0.25, 0.3) is 11.4 Å². The second kappa shape index (κ2) is 10.2. The lowest BCUT2D eigenvalue weighted by Gasteiger charge is -2.30. The van der Waals surface area contributed by atoms with Crippen molar-refractivity contribution in [1.29, 1.82) is 0 Å². The van der Waals surface area contributed by atoms with Gasteiger partial charge in [0.1, 0.15) is 0 Å². The predicted octanol–water partition coefficient (Wildman–Crippen LogP) is 3.87. The standard InChI is InChI=1S/C26H31N5O2/c32-26(27-18-20-8-10-23(11-9-20)31-14-4-5-15-31)22-12-16-30(17-13-22)19-24-28-25(29-33-24)21-6-2-1-3-7-21/h1-3,6-11,22H,4-5,12-19H2,(H,27,32). The maximum atomic E-state index is 12.7. The third-order valence-electron chi connectivity index (χ3n) is 6.69. The third-order valence-corrected chi connectivity index (χ3v) is 6.69. The fourth-order valence-corrected chi connectivity index (χ4v) is 4.70. The molecule has 7 nitrogen and oxygen atoms in total. The van der Waals surface area contributed by atoms with Gasteiger partial charge in [-0.05, 0) is 56.5 Å². The Balaban J connectivity index is 1.06. The van der Waals surface area contributed by atoms with Gasteiger partial charge in [0.2, 0.25) is 17.6 Å². The number of hydrogen-bond donors (Lipinski definition) is 1. The number of nitrogens with one attached hydrogen (secondary N) is 1. The second-order valence-electron chi connectivity index (χ2n) is 9.01. The van der Waals surface area contributed by atoms with E-state index in [2.05, 4.69) is 49.5 Å². The number of rotatable bonds is 7. The molecule has 1 aromatic heterocycles. The highest BCUT2D eigenvalue weighted by molar-refractivity contribution is 5.78. The molecule has 2 aromatic carbocycles. The molecular formula is C26H31N5O2. The molecule has 1 amide bonds. The minimum absolute atomic E-state index is 0.0627. The van der Waals surface area contributed by atoms with Crippen LogP contribution in [0.2, 0.25) is 0 Å². The van der Waals surface area contributed by atoms with E-state index in [-0.39, 0.29) is 11.8 Å². The molecule has 0 saturated carbocycles. The van der Waals surface area contributed by atoms with Gasteiger partial charge >= 0.3 is 0 Å². The van der Waals surface area contributed by atoms with E-state index in [4.69, 9.17) is 4.52 Å². The number of amides is 1. The summed E-state index contributed by atoms with van der Waals surface area (Å²) >= 11 is 0. The number of carbonyl (C=O) groups is 1. The lowest BCUT2D eigenvalue weighted by molar-refractivity contribution is -0.126. The van der Waals surface area contributed by atoms with Crippen LogP contribution in [0.15, 0.2) is 59.1 Å². The molecule has 0 atom stereocenters. The van der Waals surface area contributed by atoms with Crippen LogP contribution in [0, 0.1) is 5.92 Å². The Bertz CT molecular complexity index is 1040. The Labute approximate surface area is 194 Å². The summed E-state index contributed by atoms with van der Waals surface area (Å²) < 4.78 is 5.44. The van der Waals surface area contributed by atoms with Gasteiger partial charge in [-0.15, -0.1) is 0 Å². The average Bonchev–Trinajstić information content (AvgIpc) is 3.57. The molecule has 0 aliphatic carbocycles. The lowest BCUT2D eigenvalue weighted by atomic mass is 9.96. The van der Waals surface area contributed by atoms with Crippen molar-refractivity contribution in [1.82, 2.24) is 20.4 Å². The Morgan fingerprint density at radius 2 is 1.70 bits per heavy atom. The summed E-state index contributed by atoms with van der Waals surface area (Å²) in [5.74, 6) is 1.46. The number of nitrogens with zero attached hydrogens (tertiary/aromatic N) is 4. The van der Waals surface area contributed by atoms with E-state index in [0.717, 1.165) is 50.1 Å². The average molecular weight is 446 g/mol. The van der Waals surface area contributed by atoms with Crippen LogP contribution in [-0.4, -0.2) is 47.1 Å². The summed E-state index contributed by atoms with van der Waals surface area (Å²) in [5, 5.41) is 7.23. The molecule has 2 saturated heterocycles. The lowest BCUT2D eigenvalue weighted by Crippen LogP contribution is -2.40. The second-order valence-corrected chi connectivity index (χ2v) is 9.01. The fourth-order valence-electron chi connectivity index (χ4n) is 4.70. The highest BCUT2D eigenvalue weighted by Crippen LogP contribution is 2.22. The van der Waals surface area contributed by atoms with Gasteiger partial charge in [-0.25, -0.2) is 0 Å².